The molecule has 0 bridgehead atoms. The molecule has 8 nitrogen and oxygen atoms in total. The van der Waals surface area contributed by atoms with Crippen LogP contribution in [-0.2, 0) is 11.8 Å². The summed E-state index contributed by atoms with van der Waals surface area (Å²) in [5.41, 5.74) is 9.91. The summed E-state index contributed by atoms with van der Waals surface area (Å²) >= 11 is 0. The van der Waals surface area contributed by atoms with Gasteiger partial charge < -0.3 is 20.8 Å². The summed E-state index contributed by atoms with van der Waals surface area (Å²) in [5.74, 6) is 0.860. The highest BCUT2D eigenvalue weighted by atomic mass is 16.5. The van der Waals surface area contributed by atoms with Crippen LogP contribution in [0.15, 0.2) is 36.8 Å². The van der Waals surface area contributed by atoms with E-state index in [4.69, 9.17) is 20.9 Å². The molecule has 3 N–H and O–H groups in total. The quantitative estimate of drug-likeness (QED) is 0.675. The van der Waals surface area contributed by atoms with Crippen LogP contribution in [0.5, 0.6) is 0 Å². The Balaban J connectivity index is 1.99. The molecular weight excluding hydrogens is 354 g/mol. The number of pyridine rings is 2. The van der Waals surface area contributed by atoms with Crippen molar-refractivity contribution in [3.63, 3.8) is 0 Å². The molecule has 3 aromatic rings. The van der Waals surface area contributed by atoms with Gasteiger partial charge in [0.2, 0.25) is 0 Å². The highest BCUT2D eigenvalue weighted by Gasteiger charge is 2.23. The van der Waals surface area contributed by atoms with E-state index in [0.717, 1.165) is 35.1 Å². The minimum atomic E-state index is 0.218. The molecule has 1 aliphatic rings. The predicted octanol–water partition coefficient (Wildman–Crippen LogP) is 2.20. The number of anilines is 1. The number of fused-ring (bicyclic) bond motifs is 1. The van der Waals surface area contributed by atoms with Gasteiger partial charge in [-0.25, -0.2) is 4.98 Å². The number of hydrogen-bond donors (Lipinski definition) is 2. The fourth-order valence-corrected chi connectivity index (χ4v) is 3.53. The lowest BCUT2D eigenvalue weighted by Gasteiger charge is -2.34. The Morgan fingerprint density at radius 3 is 3.00 bits per heavy atom. The third kappa shape index (κ3) is 3.22. The fraction of sp³-hybridized carbons (Fsp3) is 0.300. The second-order valence-electron chi connectivity index (χ2n) is 6.89. The average molecular weight is 377 g/mol. The van der Waals surface area contributed by atoms with Crippen LogP contribution in [0.25, 0.3) is 27.7 Å². The third-order valence-electron chi connectivity index (χ3n) is 4.93. The third-order valence-corrected chi connectivity index (χ3v) is 4.93. The largest absolute Gasteiger partial charge is 0.397 e. The van der Waals surface area contributed by atoms with E-state index in [1.807, 2.05) is 25.5 Å². The second-order valence-corrected chi connectivity index (χ2v) is 6.89. The van der Waals surface area contributed by atoms with Crippen molar-refractivity contribution in [3.8, 4) is 11.1 Å². The minimum absolute atomic E-state index is 0.218. The Kier molecular flexibility index (Phi) is 4.79. The highest BCUT2D eigenvalue weighted by Crippen LogP contribution is 2.34. The van der Waals surface area contributed by atoms with E-state index < -0.39 is 0 Å². The second kappa shape index (κ2) is 7.40. The molecule has 28 heavy (non-hydrogen) atoms. The van der Waals surface area contributed by atoms with Crippen molar-refractivity contribution in [2.45, 2.75) is 13.0 Å². The van der Waals surface area contributed by atoms with E-state index in [9.17, 15) is 0 Å². The topological polar surface area (TPSA) is 106 Å². The maximum Gasteiger partial charge on any atom is 0.130 e. The number of hydrogen-bond acceptors (Lipinski definition) is 7. The van der Waals surface area contributed by atoms with Gasteiger partial charge in [-0.1, -0.05) is 0 Å². The van der Waals surface area contributed by atoms with E-state index in [1.54, 1.807) is 10.9 Å². The molecule has 0 aromatic carbocycles. The van der Waals surface area contributed by atoms with Crippen LogP contribution in [0.1, 0.15) is 12.6 Å². The smallest absolute Gasteiger partial charge is 0.130 e. The van der Waals surface area contributed by atoms with E-state index in [2.05, 4.69) is 28.0 Å². The average Bonchev–Trinajstić information content (AvgIpc) is 3.13. The van der Waals surface area contributed by atoms with Crippen LogP contribution in [0.3, 0.4) is 0 Å². The zero-order chi connectivity index (χ0) is 19.7. The van der Waals surface area contributed by atoms with E-state index in [-0.39, 0.29) is 6.04 Å². The molecule has 1 aliphatic heterocycles. The molecule has 8 heteroatoms. The SMILES string of the molecule is C[C@@H]1COCCN1c1cc(-c2cnn(C)c2)c2ccnc(/C(N)=C/C=N)c2n1. The highest BCUT2D eigenvalue weighted by molar-refractivity contribution is 6.01. The Hall–Kier alpha value is -3.26. The molecule has 4 heterocycles. The van der Waals surface area contributed by atoms with Gasteiger partial charge in [0.15, 0.2) is 0 Å². The van der Waals surface area contributed by atoms with Gasteiger partial charge in [-0.05, 0) is 30.7 Å². The zero-order valence-electron chi connectivity index (χ0n) is 16.0. The summed E-state index contributed by atoms with van der Waals surface area (Å²) in [6.07, 6.45) is 8.24. The number of aromatic nitrogens is 4. The van der Waals surface area contributed by atoms with E-state index in [0.29, 0.717) is 30.1 Å². The summed E-state index contributed by atoms with van der Waals surface area (Å²) in [6.45, 7) is 4.23. The lowest BCUT2D eigenvalue weighted by Crippen LogP contribution is -2.44. The molecule has 1 atom stereocenters. The van der Waals surface area contributed by atoms with Crippen LogP contribution < -0.4 is 10.6 Å². The fourth-order valence-electron chi connectivity index (χ4n) is 3.53. The first-order valence-corrected chi connectivity index (χ1v) is 9.18. The monoisotopic (exact) mass is 377 g/mol. The van der Waals surface area contributed by atoms with Crippen molar-refractivity contribution in [2.24, 2.45) is 12.8 Å². The minimum Gasteiger partial charge on any atom is -0.397 e. The number of ether oxygens (including phenoxy) is 1. The number of rotatable bonds is 4. The Morgan fingerprint density at radius 2 is 2.29 bits per heavy atom. The standard InChI is InChI=1S/C20H23N7O/c1-13-12-28-8-7-27(13)18-9-16(14-10-24-26(2)11-14)15-4-6-23-20(19(15)25-18)17(22)3-5-21/h3-6,9-11,13,21H,7-8,12,22H2,1-2H3/b17-3-,21-5?/t13-/m1/s1. The zero-order valence-corrected chi connectivity index (χ0v) is 16.0. The van der Waals surface area contributed by atoms with Crippen LogP contribution in [-0.4, -0.2) is 51.8 Å². The Labute approximate surface area is 163 Å². The first-order valence-electron chi connectivity index (χ1n) is 9.18. The van der Waals surface area contributed by atoms with Gasteiger partial charge in [0, 0.05) is 43.2 Å². The predicted molar refractivity (Wildman–Crippen MR) is 110 cm³/mol. The molecular formula is C20H23N7O. The lowest BCUT2D eigenvalue weighted by atomic mass is 10.0. The molecule has 0 saturated carbocycles. The molecule has 0 amide bonds. The maximum absolute atomic E-state index is 7.34. The summed E-state index contributed by atoms with van der Waals surface area (Å²) in [5, 5.41) is 12.6. The summed E-state index contributed by atoms with van der Waals surface area (Å²) in [6, 6.07) is 4.26. The van der Waals surface area contributed by atoms with Gasteiger partial charge in [-0.2, -0.15) is 5.10 Å². The van der Waals surface area contributed by atoms with Gasteiger partial charge in [0.1, 0.15) is 17.0 Å². The Morgan fingerprint density at radius 1 is 1.43 bits per heavy atom. The number of aryl methyl sites for hydroxylation is 1. The molecule has 0 spiro atoms. The molecule has 144 valence electrons. The number of nitrogens with two attached hydrogens (primary N) is 1. The van der Waals surface area contributed by atoms with Crippen LogP contribution in [0.2, 0.25) is 0 Å². The van der Waals surface area contributed by atoms with Crippen molar-refractivity contribution < 1.29 is 4.74 Å². The van der Waals surface area contributed by atoms with Crippen LogP contribution in [0.4, 0.5) is 5.82 Å². The summed E-state index contributed by atoms with van der Waals surface area (Å²) in [4.78, 5) is 11.6. The summed E-state index contributed by atoms with van der Waals surface area (Å²) < 4.78 is 7.37. The van der Waals surface area contributed by atoms with Crippen molar-refractivity contribution in [2.75, 3.05) is 24.7 Å². The van der Waals surface area contributed by atoms with Crippen LogP contribution in [0, 0.1) is 5.41 Å². The van der Waals surface area contributed by atoms with Gasteiger partial charge in [-0.3, -0.25) is 9.67 Å². The molecule has 1 saturated heterocycles. The van der Waals surface area contributed by atoms with Crippen molar-refractivity contribution in [1.29, 1.82) is 5.41 Å². The van der Waals surface area contributed by atoms with Gasteiger partial charge in [-0.15, -0.1) is 0 Å². The maximum atomic E-state index is 7.34. The normalized spacial score (nSPS) is 17.9. The molecule has 0 unspecified atom stereocenters. The van der Waals surface area contributed by atoms with Gasteiger partial charge in [0.05, 0.1) is 31.1 Å². The Bertz CT molecular complexity index is 1060. The molecule has 4 rings (SSSR count). The van der Waals surface area contributed by atoms with Crippen molar-refractivity contribution in [3.05, 3.63) is 42.5 Å². The van der Waals surface area contributed by atoms with E-state index >= 15 is 0 Å². The molecule has 0 aliphatic carbocycles. The number of allylic oxidation sites excluding steroid dienone is 1. The molecule has 3 aromatic heterocycles. The first-order chi connectivity index (χ1) is 13.6. The van der Waals surface area contributed by atoms with Gasteiger partial charge >= 0.3 is 0 Å². The van der Waals surface area contributed by atoms with Crippen molar-refractivity contribution in [1.82, 2.24) is 19.7 Å². The lowest BCUT2D eigenvalue weighted by molar-refractivity contribution is 0.0986. The molecule has 0 radical (unpaired) electrons. The summed E-state index contributed by atoms with van der Waals surface area (Å²) in [7, 11) is 1.90. The van der Waals surface area contributed by atoms with Crippen molar-refractivity contribution >= 4 is 28.6 Å². The van der Waals surface area contributed by atoms with Crippen LogP contribution >= 0.6 is 0 Å². The molecule has 1 fully saturated rings. The number of morpholine rings is 1. The number of nitrogens with one attached hydrogen (secondary N) is 1. The number of nitrogens with zero attached hydrogens (tertiary/aromatic N) is 5. The first kappa shape index (κ1) is 18.1. The van der Waals surface area contributed by atoms with E-state index in [1.165, 1.54) is 6.08 Å². The van der Waals surface area contributed by atoms with Gasteiger partial charge in [0.25, 0.3) is 0 Å².